The van der Waals surface area contributed by atoms with Gasteiger partial charge in [-0.3, -0.25) is 0 Å². The van der Waals surface area contributed by atoms with Crippen LogP contribution in [0.25, 0.3) is 6.08 Å². The molecule has 0 amide bonds. The van der Waals surface area contributed by atoms with Gasteiger partial charge in [0.25, 0.3) is 0 Å². The van der Waals surface area contributed by atoms with Gasteiger partial charge in [-0.1, -0.05) is 70.7 Å². The van der Waals surface area contributed by atoms with Gasteiger partial charge in [0.1, 0.15) is 0 Å². The SMILES string of the molecule is CC1(C)CCC(C)(C)C2CC(C(=Cc3ccc(C(=O)O)cc3)[Si](C)(C)C)CCC21. The van der Waals surface area contributed by atoms with Gasteiger partial charge >= 0.3 is 5.97 Å². The highest BCUT2D eigenvalue weighted by atomic mass is 28.3. The summed E-state index contributed by atoms with van der Waals surface area (Å²) in [7, 11) is -1.49. The summed E-state index contributed by atoms with van der Waals surface area (Å²) >= 11 is 0. The number of carboxylic acid groups (broad SMARTS) is 1. The Hall–Kier alpha value is -1.35. The molecule has 2 saturated carbocycles. The standard InChI is InChI=1S/C26H40O2Si/c1-25(2)14-15-26(3,4)22-17-20(12-13-21(22)25)23(29(5,6)7)16-18-8-10-19(11-9-18)24(27)28/h8-11,16,20-22H,12-15,17H2,1-7H3,(H,27,28). The quantitative estimate of drug-likeness (QED) is 0.519. The Morgan fingerprint density at radius 1 is 0.966 bits per heavy atom. The molecule has 3 atom stereocenters. The normalized spacial score (nSPS) is 29.2. The van der Waals surface area contributed by atoms with Crippen molar-refractivity contribution in [3.63, 3.8) is 0 Å². The summed E-state index contributed by atoms with van der Waals surface area (Å²) in [6, 6.07) is 7.42. The minimum absolute atomic E-state index is 0.364. The van der Waals surface area contributed by atoms with Gasteiger partial charge in [-0.05, 0) is 78.4 Å². The number of hydrogen-bond acceptors (Lipinski definition) is 1. The third-order valence-electron chi connectivity index (χ3n) is 8.06. The Balaban J connectivity index is 1.91. The number of rotatable bonds is 4. The van der Waals surface area contributed by atoms with Gasteiger partial charge in [0.15, 0.2) is 0 Å². The molecular formula is C26H40O2Si. The summed E-state index contributed by atoms with van der Waals surface area (Å²) < 4.78 is 0. The Labute approximate surface area is 178 Å². The lowest BCUT2D eigenvalue weighted by Gasteiger charge is -2.56. The zero-order valence-electron chi connectivity index (χ0n) is 19.5. The smallest absolute Gasteiger partial charge is 0.335 e. The number of carbonyl (C=O) groups is 1. The van der Waals surface area contributed by atoms with Crippen molar-refractivity contribution < 1.29 is 9.90 Å². The van der Waals surface area contributed by atoms with E-state index in [4.69, 9.17) is 0 Å². The number of benzene rings is 1. The molecule has 2 aliphatic rings. The molecule has 0 bridgehead atoms. The van der Waals surface area contributed by atoms with E-state index in [0.717, 1.165) is 17.4 Å². The molecule has 0 heterocycles. The molecule has 1 aromatic rings. The Bertz CT molecular complexity index is 780. The van der Waals surface area contributed by atoms with Crippen LogP contribution in [-0.4, -0.2) is 19.1 Å². The third kappa shape index (κ3) is 4.71. The van der Waals surface area contributed by atoms with Gasteiger partial charge in [0, 0.05) is 0 Å². The maximum absolute atomic E-state index is 11.2. The van der Waals surface area contributed by atoms with E-state index in [1.807, 2.05) is 12.1 Å². The molecule has 1 N–H and O–H groups in total. The predicted molar refractivity (Wildman–Crippen MR) is 126 cm³/mol. The van der Waals surface area contributed by atoms with Crippen LogP contribution in [0.4, 0.5) is 0 Å². The fourth-order valence-corrected chi connectivity index (χ4v) is 8.20. The molecule has 0 aliphatic heterocycles. The molecule has 3 rings (SSSR count). The first-order chi connectivity index (χ1) is 13.3. The molecular weight excluding hydrogens is 372 g/mol. The second-order valence-corrected chi connectivity index (χ2v) is 17.1. The lowest BCUT2D eigenvalue weighted by atomic mass is 9.50. The van der Waals surface area contributed by atoms with Crippen molar-refractivity contribution in [2.24, 2.45) is 28.6 Å². The highest BCUT2D eigenvalue weighted by Crippen LogP contribution is 2.59. The van der Waals surface area contributed by atoms with E-state index in [-0.39, 0.29) is 0 Å². The highest BCUT2D eigenvalue weighted by Gasteiger charge is 2.50. The summed E-state index contributed by atoms with van der Waals surface area (Å²) in [5, 5.41) is 10.8. The first kappa shape index (κ1) is 22.3. The zero-order chi connectivity index (χ0) is 21.6. The molecule has 160 valence electrons. The van der Waals surface area contributed by atoms with Crippen molar-refractivity contribution in [1.82, 2.24) is 0 Å². The van der Waals surface area contributed by atoms with Crippen molar-refractivity contribution >= 4 is 20.1 Å². The highest BCUT2D eigenvalue weighted by molar-refractivity contribution is 6.83. The maximum atomic E-state index is 11.2. The van der Waals surface area contributed by atoms with Crippen LogP contribution >= 0.6 is 0 Å². The molecule has 0 saturated heterocycles. The van der Waals surface area contributed by atoms with Crippen molar-refractivity contribution in [2.75, 3.05) is 0 Å². The lowest BCUT2D eigenvalue weighted by molar-refractivity contribution is -0.0538. The van der Waals surface area contributed by atoms with Crippen molar-refractivity contribution in [1.29, 1.82) is 0 Å². The van der Waals surface area contributed by atoms with Crippen LogP contribution < -0.4 is 0 Å². The number of aromatic carboxylic acids is 1. The minimum atomic E-state index is -1.49. The number of allylic oxidation sites excluding steroid dienone is 1. The van der Waals surface area contributed by atoms with E-state index in [0.29, 0.717) is 22.3 Å². The van der Waals surface area contributed by atoms with Gasteiger partial charge in [-0.15, -0.1) is 0 Å². The van der Waals surface area contributed by atoms with Gasteiger partial charge in [-0.25, -0.2) is 4.79 Å². The lowest BCUT2D eigenvalue weighted by Crippen LogP contribution is -2.48. The van der Waals surface area contributed by atoms with Gasteiger partial charge < -0.3 is 5.11 Å². The van der Waals surface area contributed by atoms with Crippen molar-refractivity contribution in [2.45, 2.75) is 79.4 Å². The molecule has 2 aliphatic carbocycles. The fourth-order valence-electron chi connectivity index (χ4n) is 6.12. The number of carboxylic acids is 1. The zero-order valence-corrected chi connectivity index (χ0v) is 20.5. The fraction of sp³-hybridized carbons (Fsp3) is 0.654. The summed E-state index contributed by atoms with van der Waals surface area (Å²) in [6.07, 6.45) is 9.10. The summed E-state index contributed by atoms with van der Waals surface area (Å²) in [6.45, 7) is 17.4. The summed E-state index contributed by atoms with van der Waals surface area (Å²) in [4.78, 5) is 11.2. The molecule has 0 radical (unpaired) electrons. The Morgan fingerprint density at radius 3 is 2.03 bits per heavy atom. The topological polar surface area (TPSA) is 37.3 Å². The molecule has 2 fully saturated rings. The monoisotopic (exact) mass is 412 g/mol. The average molecular weight is 413 g/mol. The largest absolute Gasteiger partial charge is 0.478 e. The van der Waals surface area contributed by atoms with E-state index < -0.39 is 14.0 Å². The van der Waals surface area contributed by atoms with Crippen LogP contribution in [0.2, 0.25) is 19.6 Å². The Morgan fingerprint density at radius 2 is 1.52 bits per heavy atom. The second-order valence-electron chi connectivity index (χ2n) is 12.0. The number of fused-ring (bicyclic) bond motifs is 1. The van der Waals surface area contributed by atoms with Gasteiger partial charge in [0.2, 0.25) is 0 Å². The van der Waals surface area contributed by atoms with Gasteiger partial charge in [0.05, 0.1) is 13.6 Å². The Kier molecular flexibility index (Phi) is 5.95. The van der Waals surface area contributed by atoms with Crippen LogP contribution in [-0.2, 0) is 0 Å². The van der Waals surface area contributed by atoms with Crippen LogP contribution in [0.5, 0.6) is 0 Å². The van der Waals surface area contributed by atoms with Crippen molar-refractivity contribution in [3.05, 3.63) is 40.6 Å². The molecule has 0 aromatic heterocycles. The predicted octanol–water partition coefficient (Wildman–Crippen LogP) is 7.52. The van der Waals surface area contributed by atoms with Crippen LogP contribution in [0.15, 0.2) is 29.5 Å². The molecule has 3 unspecified atom stereocenters. The second kappa shape index (κ2) is 7.72. The molecule has 3 heteroatoms. The van der Waals surface area contributed by atoms with Gasteiger partial charge in [-0.2, -0.15) is 0 Å². The van der Waals surface area contributed by atoms with Crippen LogP contribution in [0, 0.1) is 28.6 Å². The van der Waals surface area contributed by atoms with E-state index in [1.54, 1.807) is 17.3 Å². The summed E-state index contributed by atoms with van der Waals surface area (Å²) in [5.41, 5.74) is 2.43. The van der Waals surface area contributed by atoms with Crippen molar-refractivity contribution in [3.8, 4) is 0 Å². The van der Waals surface area contributed by atoms with E-state index in [2.05, 4.69) is 53.4 Å². The summed E-state index contributed by atoms with van der Waals surface area (Å²) in [5.74, 6) is 1.47. The number of hydrogen-bond donors (Lipinski definition) is 1. The van der Waals surface area contributed by atoms with Crippen LogP contribution in [0.3, 0.4) is 0 Å². The minimum Gasteiger partial charge on any atom is -0.478 e. The van der Waals surface area contributed by atoms with E-state index in [9.17, 15) is 9.90 Å². The average Bonchev–Trinajstić information content (AvgIpc) is 2.63. The van der Waals surface area contributed by atoms with E-state index in [1.165, 1.54) is 32.1 Å². The molecule has 29 heavy (non-hydrogen) atoms. The molecule has 2 nitrogen and oxygen atoms in total. The van der Waals surface area contributed by atoms with Crippen LogP contribution in [0.1, 0.15) is 75.7 Å². The first-order valence-electron chi connectivity index (χ1n) is 11.4. The maximum Gasteiger partial charge on any atom is 0.335 e. The molecule has 0 spiro atoms. The third-order valence-corrected chi connectivity index (χ3v) is 10.3. The first-order valence-corrected chi connectivity index (χ1v) is 14.9. The molecule has 1 aromatic carbocycles. The van der Waals surface area contributed by atoms with E-state index >= 15 is 0 Å².